The molecule has 0 atom stereocenters. The standard InChI is InChI=1S/C15H14N2O2/c1-19-13-6-7-15(18)12(8-13)10-17-14-5-3-2-4-11(14)9-16/h2-8,17-18H,10H2,1H3. The van der Waals surface area contributed by atoms with E-state index in [1.54, 1.807) is 31.4 Å². The predicted molar refractivity (Wildman–Crippen MR) is 73.1 cm³/mol. The van der Waals surface area contributed by atoms with Gasteiger partial charge in [0.15, 0.2) is 0 Å². The van der Waals surface area contributed by atoms with E-state index in [9.17, 15) is 5.11 Å². The van der Waals surface area contributed by atoms with E-state index in [0.717, 1.165) is 5.69 Å². The Hall–Kier alpha value is -2.67. The minimum absolute atomic E-state index is 0.197. The molecule has 0 aliphatic rings. The number of rotatable bonds is 4. The number of benzene rings is 2. The summed E-state index contributed by atoms with van der Waals surface area (Å²) < 4.78 is 5.12. The molecule has 0 amide bonds. The molecule has 0 heterocycles. The van der Waals surface area contributed by atoms with Gasteiger partial charge < -0.3 is 15.2 Å². The highest BCUT2D eigenvalue weighted by atomic mass is 16.5. The minimum Gasteiger partial charge on any atom is -0.508 e. The zero-order chi connectivity index (χ0) is 13.7. The Kier molecular flexibility index (Phi) is 3.89. The van der Waals surface area contributed by atoms with Gasteiger partial charge in [0.05, 0.1) is 18.4 Å². The summed E-state index contributed by atoms with van der Waals surface area (Å²) in [7, 11) is 1.58. The number of ether oxygens (including phenoxy) is 1. The topological polar surface area (TPSA) is 65.3 Å². The van der Waals surface area contributed by atoms with Crippen LogP contribution in [0.5, 0.6) is 11.5 Å². The number of nitrogens with zero attached hydrogens (tertiary/aromatic N) is 1. The minimum atomic E-state index is 0.197. The molecule has 0 aliphatic heterocycles. The molecule has 0 unspecified atom stereocenters. The molecule has 19 heavy (non-hydrogen) atoms. The van der Waals surface area contributed by atoms with E-state index in [4.69, 9.17) is 10.00 Å². The summed E-state index contributed by atoms with van der Waals surface area (Å²) >= 11 is 0. The van der Waals surface area contributed by atoms with Gasteiger partial charge in [-0.05, 0) is 30.3 Å². The molecule has 0 aromatic heterocycles. The molecular formula is C15H14N2O2. The van der Waals surface area contributed by atoms with Gasteiger partial charge in [-0.2, -0.15) is 5.26 Å². The van der Waals surface area contributed by atoms with Crippen LogP contribution in [0.4, 0.5) is 5.69 Å². The van der Waals surface area contributed by atoms with Crippen LogP contribution < -0.4 is 10.1 Å². The van der Waals surface area contributed by atoms with Gasteiger partial charge in [0.2, 0.25) is 0 Å². The van der Waals surface area contributed by atoms with Crippen molar-refractivity contribution in [1.29, 1.82) is 5.26 Å². The Balaban J connectivity index is 2.17. The summed E-state index contributed by atoms with van der Waals surface area (Å²) in [5, 5.41) is 21.9. The highest BCUT2D eigenvalue weighted by molar-refractivity contribution is 5.57. The summed E-state index contributed by atoms with van der Waals surface area (Å²) in [6, 6.07) is 14.4. The molecule has 0 aliphatic carbocycles. The van der Waals surface area contributed by atoms with Crippen molar-refractivity contribution in [3.63, 3.8) is 0 Å². The van der Waals surface area contributed by atoms with Gasteiger partial charge in [-0.3, -0.25) is 0 Å². The summed E-state index contributed by atoms with van der Waals surface area (Å²) in [5.74, 6) is 0.880. The number of aromatic hydroxyl groups is 1. The molecule has 0 fully saturated rings. The van der Waals surface area contributed by atoms with Crippen LogP contribution in [0.25, 0.3) is 0 Å². The molecule has 2 N–H and O–H groups in total. The van der Waals surface area contributed by atoms with Gasteiger partial charge in [0.25, 0.3) is 0 Å². The normalized spacial score (nSPS) is 9.68. The molecule has 0 saturated carbocycles. The average molecular weight is 254 g/mol. The van der Waals surface area contributed by atoms with Crippen molar-refractivity contribution in [2.24, 2.45) is 0 Å². The lowest BCUT2D eigenvalue weighted by atomic mass is 10.1. The molecule has 0 saturated heterocycles. The van der Waals surface area contributed by atoms with Gasteiger partial charge in [-0.15, -0.1) is 0 Å². The van der Waals surface area contributed by atoms with Gasteiger partial charge in [-0.25, -0.2) is 0 Å². The maximum Gasteiger partial charge on any atom is 0.120 e. The lowest BCUT2D eigenvalue weighted by molar-refractivity contribution is 0.411. The SMILES string of the molecule is COc1ccc(O)c(CNc2ccccc2C#N)c1. The molecule has 0 bridgehead atoms. The number of hydrogen-bond donors (Lipinski definition) is 2. The molecule has 0 spiro atoms. The first-order valence-electron chi connectivity index (χ1n) is 5.83. The Morgan fingerprint density at radius 3 is 2.79 bits per heavy atom. The maximum atomic E-state index is 9.77. The van der Waals surface area contributed by atoms with Gasteiger partial charge >= 0.3 is 0 Å². The van der Waals surface area contributed by atoms with Crippen molar-refractivity contribution in [3.8, 4) is 17.6 Å². The number of anilines is 1. The van der Waals surface area contributed by atoms with Crippen LogP contribution in [-0.2, 0) is 6.54 Å². The lowest BCUT2D eigenvalue weighted by Gasteiger charge is -2.10. The fraction of sp³-hybridized carbons (Fsp3) is 0.133. The second-order valence-corrected chi connectivity index (χ2v) is 4.01. The fourth-order valence-corrected chi connectivity index (χ4v) is 1.76. The van der Waals surface area contributed by atoms with Crippen LogP contribution in [-0.4, -0.2) is 12.2 Å². The Bertz CT molecular complexity index is 618. The summed E-state index contributed by atoms with van der Waals surface area (Å²) in [5.41, 5.74) is 2.03. The molecule has 0 radical (unpaired) electrons. The zero-order valence-corrected chi connectivity index (χ0v) is 10.6. The summed E-state index contributed by atoms with van der Waals surface area (Å²) in [4.78, 5) is 0. The van der Waals surface area contributed by atoms with Crippen molar-refractivity contribution in [3.05, 3.63) is 53.6 Å². The van der Waals surface area contributed by atoms with Crippen molar-refractivity contribution in [2.45, 2.75) is 6.54 Å². The molecule has 4 nitrogen and oxygen atoms in total. The predicted octanol–water partition coefficient (Wildman–Crippen LogP) is 2.88. The van der Waals surface area contributed by atoms with E-state index < -0.39 is 0 Å². The lowest BCUT2D eigenvalue weighted by Crippen LogP contribution is -2.01. The maximum absolute atomic E-state index is 9.77. The second-order valence-electron chi connectivity index (χ2n) is 4.01. The number of para-hydroxylation sites is 1. The van der Waals surface area contributed by atoms with E-state index >= 15 is 0 Å². The van der Waals surface area contributed by atoms with Crippen molar-refractivity contribution in [1.82, 2.24) is 0 Å². The second kappa shape index (κ2) is 5.78. The molecule has 2 aromatic carbocycles. The van der Waals surface area contributed by atoms with E-state index in [1.165, 1.54) is 0 Å². The van der Waals surface area contributed by atoms with Crippen molar-refractivity contribution < 1.29 is 9.84 Å². The van der Waals surface area contributed by atoms with Crippen LogP contribution >= 0.6 is 0 Å². The van der Waals surface area contributed by atoms with Crippen LogP contribution in [0.2, 0.25) is 0 Å². The third-order valence-electron chi connectivity index (χ3n) is 2.80. The number of methoxy groups -OCH3 is 1. The fourth-order valence-electron chi connectivity index (χ4n) is 1.76. The first kappa shape index (κ1) is 12.8. The third-order valence-corrected chi connectivity index (χ3v) is 2.80. The highest BCUT2D eigenvalue weighted by Gasteiger charge is 2.05. The largest absolute Gasteiger partial charge is 0.508 e. The zero-order valence-electron chi connectivity index (χ0n) is 10.6. The average Bonchev–Trinajstić information content (AvgIpc) is 2.46. The number of phenolic OH excluding ortho intramolecular Hbond substituents is 1. The van der Waals surface area contributed by atoms with Gasteiger partial charge in [0, 0.05) is 12.1 Å². The van der Waals surface area contributed by atoms with E-state index in [0.29, 0.717) is 23.4 Å². The summed E-state index contributed by atoms with van der Waals surface area (Å²) in [6.07, 6.45) is 0. The highest BCUT2D eigenvalue weighted by Crippen LogP contribution is 2.24. The van der Waals surface area contributed by atoms with Crippen molar-refractivity contribution >= 4 is 5.69 Å². The van der Waals surface area contributed by atoms with Crippen LogP contribution in [0.1, 0.15) is 11.1 Å². The molecule has 2 rings (SSSR count). The van der Waals surface area contributed by atoms with Crippen LogP contribution in [0, 0.1) is 11.3 Å². The van der Waals surface area contributed by atoms with Crippen LogP contribution in [0.3, 0.4) is 0 Å². The monoisotopic (exact) mass is 254 g/mol. The van der Waals surface area contributed by atoms with E-state index in [1.807, 2.05) is 18.2 Å². The number of hydrogen-bond acceptors (Lipinski definition) is 4. The Morgan fingerprint density at radius 1 is 1.26 bits per heavy atom. The molecule has 4 heteroatoms. The number of phenols is 1. The Morgan fingerprint density at radius 2 is 2.05 bits per heavy atom. The summed E-state index contributed by atoms with van der Waals surface area (Å²) in [6.45, 7) is 0.418. The molecular weight excluding hydrogens is 240 g/mol. The molecule has 96 valence electrons. The van der Waals surface area contributed by atoms with Crippen molar-refractivity contribution in [2.75, 3.05) is 12.4 Å². The van der Waals surface area contributed by atoms with Crippen LogP contribution in [0.15, 0.2) is 42.5 Å². The number of nitrogens with one attached hydrogen (secondary N) is 1. The quantitative estimate of drug-likeness (QED) is 0.880. The Labute approximate surface area is 111 Å². The first-order valence-corrected chi connectivity index (χ1v) is 5.83. The van der Waals surface area contributed by atoms with Gasteiger partial charge in [0.1, 0.15) is 17.6 Å². The van der Waals surface area contributed by atoms with E-state index in [2.05, 4.69) is 11.4 Å². The van der Waals surface area contributed by atoms with Gasteiger partial charge in [-0.1, -0.05) is 12.1 Å². The van der Waals surface area contributed by atoms with E-state index in [-0.39, 0.29) is 5.75 Å². The third kappa shape index (κ3) is 2.96. The smallest absolute Gasteiger partial charge is 0.120 e. The number of nitriles is 1. The molecule has 2 aromatic rings. The first-order chi connectivity index (χ1) is 9.24.